The quantitative estimate of drug-likeness (QED) is 0.334. The van der Waals surface area contributed by atoms with Crippen molar-refractivity contribution < 1.29 is 4.74 Å². The Morgan fingerprint density at radius 3 is 2.18 bits per heavy atom. The third-order valence-electron chi connectivity index (χ3n) is 5.03. The predicted molar refractivity (Wildman–Crippen MR) is 117 cm³/mol. The number of fused-ring (bicyclic) bond motifs is 2. The molecule has 0 amide bonds. The summed E-state index contributed by atoms with van der Waals surface area (Å²) in [6.45, 7) is 0.535. The maximum atomic E-state index is 6.27. The minimum Gasteiger partial charge on any atom is -0.488 e. The highest BCUT2D eigenvalue weighted by atomic mass is 16.5. The van der Waals surface area contributed by atoms with E-state index >= 15 is 0 Å². The number of benzene rings is 5. The van der Waals surface area contributed by atoms with E-state index in [9.17, 15) is 0 Å². The summed E-state index contributed by atoms with van der Waals surface area (Å²) in [4.78, 5) is 0. The van der Waals surface area contributed by atoms with Gasteiger partial charge in [0.1, 0.15) is 12.4 Å². The Hall–Kier alpha value is -3.58. The number of hydrogen-bond acceptors (Lipinski definition) is 1. The molecule has 0 saturated heterocycles. The molecule has 5 aromatic rings. The van der Waals surface area contributed by atoms with Crippen LogP contribution in [0, 0.1) is 6.07 Å². The molecule has 133 valence electrons. The normalized spacial score (nSPS) is 11.0. The topological polar surface area (TPSA) is 9.23 Å². The van der Waals surface area contributed by atoms with Crippen LogP contribution in [0.4, 0.5) is 0 Å². The molecule has 28 heavy (non-hydrogen) atoms. The van der Waals surface area contributed by atoms with Crippen LogP contribution in [-0.4, -0.2) is 0 Å². The fourth-order valence-corrected chi connectivity index (χ4v) is 3.55. The largest absolute Gasteiger partial charge is 0.488 e. The van der Waals surface area contributed by atoms with E-state index in [2.05, 4.69) is 78.9 Å². The molecule has 0 saturated carbocycles. The van der Waals surface area contributed by atoms with Crippen molar-refractivity contribution in [3.05, 3.63) is 115 Å². The monoisotopic (exact) mass is 359 g/mol. The Kier molecular flexibility index (Phi) is 4.27. The average Bonchev–Trinajstić information content (AvgIpc) is 2.77. The molecule has 0 bridgehead atoms. The molecule has 0 aromatic heterocycles. The summed E-state index contributed by atoms with van der Waals surface area (Å²) in [5.41, 5.74) is 3.27. The molecule has 0 unspecified atom stereocenters. The second-order valence-electron chi connectivity index (χ2n) is 6.93. The van der Waals surface area contributed by atoms with Gasteiger partial charge in [0.25, 0.3) is 0 Å². The average molecular weight is 359 g/mol. The van der Waals surface area contributed by atoms with Gasteiger partial charge in [0, 0.05) is 11.6 Å². The van der Waals surface area contributed by atoms with Crippen LogP contribution in [0.1, 0.15) is 5.56 Å². The summed E-state index contributed by atoms with van der Waals surface area (Å²) in [5, 5.41) is 4.68. The molecule has 1 radical (unpaired) electrons. The van der Waals surface area contributed by atoms with Gasteiger partial charge in [-0.15, -0.1) is 0 Å². The first-order chi connectivity index (χ1) is 13.9. The van der Waals surface area contributed by atoms with Gasteiger partial charge in [-0.3, -0.25) is 0 Å². The van der Waals surface area contributed by atoms with E-state index in [4.69, 9.17) is 4.74 Å². The van der Waals surface area contributed by atoms with Gasteiger partial charge in [-0.1, -0.05) is 91.0 Å². The summed E-state index contributed by atoms with van der Waals surface area (Å²) in [6, 6.07) is 39.2. The van der Waals surface area contributed by atoms with Gasteiger partial charge in [-0.2, -0.15) is 0 Å². The second kappa shape index (κ2) is 7.21. The standard InChI is InChI=1S/C27H19O/c1-2-8-20(9-3-1)19-28-27-18-24-13-7-6-12-23(24)17-26(27)25-15-14-21-10-4-5-11-22(21)16-25/h1-16,18H,19H2. The lowest BCUT2D eigenvalue weighted by molar-refractivity contribution is 0.308. The minimum absolute atomic E-state index is 0.535. The van der Waals surface area contributed by atoms with Crippen molar-refractivity contribution in [2.45, 2.75) is 6.61 Å². The highest BCUT2D eigenvalue weighted by molar-refractivity contribution is 5.93. The molecule has 0 fully saturated rings. The first-order valence-corrected chi connectivity index (χ1v) is 9.48. The van der Waals surface area contributed by atoms with Gasteiger partial charge >= 0.3 is 0 Å². The SMILES string of the molecule is [c]1c(-c2ccc3ccccc3c2)c(OCc2ccccc2)cc2ccccc12. The van der Waals surface area contributed by atoms with Crippen LogP contribution in [0.25, 0.3) is 32.7 Å². The molecule has 0 aliphatic rings. The minimum atomic E-state index is 0.535. The van der Waals surface area contributed by atoms with Crippen molar-refractivity contribution in [2.24, 2.45) is 0 Å². The van der Waals surface area contributed by atoms with Crippen molar-refractivity contribution in [1.82, 2.24) is 0 Å². The summed E-state index contributed by atoms with van der Waals surface area (Å²) in [6.07, 6.45) is 0. The molecule has 0 spiro atoms. The maximum Gasteiger partial charge on any atom is 0.128 e. The van der Waals surface area contributed by atoms with Crippen LogP contribution in [0.5, 0.6) is 5.75 Å². The zero-order chi connectivity index (χ0) is 18.8. The molecule has 1 nitrogen and oxygen atoms in total. The van der Waals surface area contributed by atoms with E-state index in [1.165, 1.54) is 10.8 Å². The van der Waals surface area contributed by atoms with Gasteiger partial charge in [-0.05, 0) is 44.8 Å². The van der Waals surface area contributed by atoms with Crippen molar-refractivity contribution in [3.63, 3.8) is 0 Å². The van der Waals surface area contributed by atoms with Crippen LogP contribution < -0.4 is 4.74 Å². The Morgan fingerprint density at radius 2 is 1.32 bits per heavy atom. The highest BCUT2D eigenvalue weighted by Crippen LogP contribution is 2.35. The fourth-order valence-electron chi connectivity index (χ4n) is 3.55. The molecule has 5 rings (SSSR count). The second-order valence-corrected chi connectivity index (χ2v) is 6.93. The summed E-state index contributed by atoms with van der Waals surface area (Å²) < 4.78 is 6.27. The maximum absolute atomic E-state index is 6.27. The molecular formula is C27H19O. The smallest absolute Gasteiger partial charge is 0.128 e. The summed E-state index contributed by atoms with van der Waals surface area (Å²) in [7, 11) is 0. The first-order valence-electron chi connectivity index (χ1n) is 9.48. The lowest BCUT2D eigenvalue weighted by Crippen LogP contribution is -1.97. The van der Waals surface area contributed by atoms with Crippen molar-refractivity contribution in [1.29, 1.82) is 0 Å². The lowest BCUT2D eigenvalue weighted by Gasteiger charge is -2.14. The number of ether oxygens (including phenoxy) is 1. The van der Waals surface area contributed by atoms with E-state index in [1.54, 1.807) is 0 Å². The van der Waals surface area contributed by atoms with Crippen LogP contribution in [0.15, 0.2) is 103 Å². The zero-order valence-corrected chi connectivity index (χ0v) is 15.4. The molecule has 1 heteroatoms. The molecule has 5 aromatic carbocycles. The Balaban J connectivity index is 1.62. The Morgan fingerprint density at radius 1 is 0.607 bits per heavy atom. The molecule has 0 aliphatic carbocycles. The first kappa shape index (κ1) is 16.6. The summed E-state index contributed by atoms with van der Waals surface area (Å²) in [5.74, 6) is 0.859. The Bertz CT molecular complexity index is 1260. The Labute approximate surface area is 164 Å². The highest BCUT2D eigenvalue weighted by Gasteiger charge is 2.10. The van der Waals surface area contributed by atoms with Crippen molar-refractivity contribution in [3.8, 4) is 16.9 Å². The van der Waals surface area contributed by atoms with Crippen LogP contribution >= 0.6 is 0 Å². The van der Waals surface area contributed by atoms with Gasteiger partial charge in [0.15, 0.2) is 0 Å². The zero-order valence-electron chi connectivity index (χ0n) is 15.4. The van der Waals surface area contributed by atoms with Crippen molar-refractivity contribution in [2.75, 3.05) is 0 Å². The van der Waals surface area contributed by atoms with E-state index in [-0.39, 0.29) is 0 Å². The van der Waals surface area contributed by atoms with Crippen LogP contribution in [0.2, 0.25) is 0 Å². The van der Waals surface area contributed by atoms with Crippen LogP contribution in [0.3, 0.4) is 0 Å². The number of rotatable bonds is 4. The third-order valence-corrected chi connectivity index (χ3v) is 5.03. The van der Waals surface area contributed by atoms with Gasteiger partial charge in [0.05, 0.1) is 0 Å². The number of hydrogen-bond donors (Lipinski definition) is 0. The van der Waals surface area contributed by atoms with Gasteiger partial charge in [0.2, 0.25) is 0 Å². The molecule has 0 aliphatic heterocycles. The van der Waals surface area contributed by atoms with E-state index in [0.29, 0.717) is 6.61 Å². The molecule has 0 N–H and O–H groups in total. The third kappa shape index (κ3) is 3.23. The van der Waals surface area contributed by atoms with Gasteiger partial charge < -0.3 is 4.74 Å². The molecule has 0 atom stereocenters. The van der Waals surface area contributed by atoms with E-state index < -0.39 is 0 Å². The van der Waals surface area contributed by atoms with E-state index in [0.717, 1.165) is 33.2 Å². The fraction of sp³-hybridized carbons (Fsp3) is 0.0370. The molecule has 0 heterocycles. The summed E-state index contributed by atoms with van der Waals surface area (Å²) >= 11 is 0. The van der Waals surface area contributed by atoms with Crippen molar-refractivity contribution >= 4 is 21.5 Å². The van der Waals surface area contributed by atoms with Crippen LogP contribution in [-0.2, 0) is 6.61 Å². The van der Waals surface area contributed by atoms with E-state index in [1.807, 2.05) is 30.3 Å². The lowest BCUT2D eigenvalue weighted by atomic mass is 9.97. The predicted octanol–water partition coefficient (Wildman–Crippen LogP) is 7.04. The molecular weight excluding hydrogens is 340 g/mol. The van der Waals surface area contributed by atoms with Gasteiger partial charge in [-0.25, -0.2) is 0 Å².